The maximum atomic E-state index is 12.5. The fraction of sp³-hybridized carbons (Fsp3) is 0.235. The van der Waals surface area contributed by atoms with Crippen molar-refractivity contribution in [2.75, 3.05) is 13.2 Å². The van der Waals surface area contributed by atoms with Crippen molar-refractivity contribution in [1.82, 2.24) is 39.5 Å². The fourth-order valence-electron chi connectivity index (χ4n) is 4.07. The number of rotatable bonds is 6. The number of imidazole rings is 2. The first-order valence-corrected chi connectivity index (χ1v) is 15.3. The van der Waals surface area contributed by atoms with Crippen LogP contribution in [0.3, 0.4) is 0 Å². The second-order valence-electron chi connectivity index (χ2n) is 9.99. The van der Waals surface area contributed by atoms with E-state index in [0.29, 0.717) is 24.9 Å². The summed E-state index contributed by atoms with van der Waals surface area (Å²) in [5.41, 5.74) is -0.282. The minimum absolute atomic E-state index is 0. The van der Waals surface area contributed by atoms with Gasteiger partial charge in [-0.1, -0.05) is 36.4 Å². The van der Waals surface area contributed by atoms with Crippen LogP contribution in [0.5, 0.6) is 0 Å². The largest absolute Gasteiger partial charge is 2.00 e. The van der Waals surface area contributed by atoms with Crippen LogP contribution in [0.4, 0.5) is 26.3 Å². The molecule has 0 unspecified atom stereocenters. The van der Waals surface area contributed by atoms with Crippen LogP contribution in [0.25, 0.3) is 34.4 Å². The summed E-state index contributed by atoms with van der Waals surface area (Å²) in [6.07, 6.45) is -2.68. The zero-order chi connectivity index (χ0) is 38.3. The molecule has 4 heterocycles. The minimum Gasteiger partial charge on any atom is -0.571 e. The SMILES string of the molecule is CCOC(C)=O.CCOC(C)=O.FC(F)(F)c1cc(-c2nccn2-c2ccccc2)n[n-]1.FC(F)(F)c1cc(-c2nccn2-c2ccccc2)n[n-]1.[Pt+2]. The predicted molar refractivity (Wildman–Crippen MR) is 175 cm³/mol. The molecule has 19 heteroatoms. The maximum Gasteiger partial charge on any atom is 2.00 e. The quantitative estimate of drug-likeness (QED) is 0.127. The van der Waals surface area contributed by atoms with Gasteiger partial charge in [-0.15, -0.1) is 0 Å². The molecular weight excluding hydrogens is 893 g/mol. The van der Waals surface area contributed by atoms with E-state index in [2.05, 4.69) is 39.8 Å². The van der Waals surface area contributed by atoms with Gasteiger partial charge in [-0.2, -0.15) is 26.3 Å². The second-order valence-corrected chi connectivity index (χ2v) is 9.99. The average molecular weight is 926 g/mol. The Balaban J connectivity index is 0.000000278. The van der Waals surface area contributed by atoms with Crippen molar-refractivity contribution in [2.45, 2.75) is 40.0 Å². The van der Waals surface area contributed by atoms with Crippen LogP contribution in [-0.2, 0) is 52.5 Å². The topological polar surface area (TPSA) is 142 Å². The first kappa shape index (κ1) is 43.7. The molecule has 0 fully saturated rings. The van der Waals surface area contributed by atoms with Crippen molar-refractivity contribution in [1.29, 1.82) is 0 Å². The Kier molecular flexibility index (Phi) is 16.9. The molecule has 0 spiro atoms. The molecule has 2 aromatic carbocycles. The van der Waals surface area contributed by atoms with E-state index in [1.807, 2.05) is 60.7 Å². The molecule has 0 atom stereocenters. The molecule has 0 N–H and O–H groups in total. The van der Waals surface area contributed by atoms with Crippen molar-refractivity contribution >= 4 is 11.9 Å². The number of carbonyl (C=O) groups excluding carboxylic acids is 2. The summed E-state index contributed by atoms with van der Waals surface area (Å²) in [5, 5.41) is 13.4. The van der Waals surface area contributed by atoms with Gasteiger partial charge in [-0.3, -0.25) is 18.7 Å². The number of benzene rings is 2. The van der Waals surface area contributed by atoms with E-state index >= 15 is 0 Å². The Morgan fingerprint density at radius 1 is 0.642 bits per heavy atom. The minimum atomic E-state index is -4.50. The standard InChI is InChI=1S/2C13H8F3N4.2C4H8O2.Pt/c2*14-13(15,16)11-8-10(18-19-11)12-17-6-7-20(12)9-4-2-1-3-5-9;2*1-3-6-4(2)5;/h2*1-8H;2*3H2,1-2H3;/q2*-1;;;+2. The van der Waals surface area contributed by atoms with Crippen molar-refractivity contribution in [3.8, 4) is 34.4 Å². The van der Waals surface area contributed by atoms with E-state index < -0.39 is 23.7 Å². The molecule has 0 aliphatic heterocycles. The fourth-order valence-corrected chi connectivity index (χ4v) is 4.07. The number of para-hydroxylation sites is 2. The van der Waals surface area contributed by atoms with E-state index in [0.717, 1.165) is 23.5 Å². The zero-order valence-corrected chi connectivity index (χ0v) is 30.7. The average Bonchev–Trinajstić information content (AvgIpc) is 3.92. The van der Waals surface area contributed by atoms with Crippen molar-refractivity contribution in [3.63, 3.8) is 0 Å². The molecule has 284 valence electrons. The monoisotopic (exact) mass is 925 g/mol. The third kappa shape index (κ3) is 13.5. The van der Waals surface area contributed by atoms with Crippen LogP contribution in [0, 0.1) is 0 Å². The van der Waals surface area contributed by atoms with Gasteiger partial charge in [0.1, 0.15) is 0 Å². The molecule has 12 nitrogen and oxygen atoms in total. The molecule has 0 saturated heterocycles. The molecule has 0 radical (unpaired) electrons. The van der Waals surface area contributed by atoms with Gasteiger partial charge in [0.15, 0.2) is 11.6 Å². The number of esters is 2. The van der Waals surface area contributed by atoms with Gasteiger partial charge in [-0.05, 0) is 61.6 Å². The Morgan fingerprint density at radius 2 is 0.981 bits per heavy atom. The van der Waals surface area contributed by atoms with Gasteiger partial charge < -0.3 is 29.9 Å². The number of hydrogen-bond acceptors (Lipinski definition) is 8. The normalized spacial score (nSPS) is 10.6. The second kappa shape index (κ2) is 20.5. The van der Waals surface area contributed by atoms with Crippen molar-refractivity contribution < 1.29 is 66.5 Å². The number of nitrogens with zero attached hydrogens (tertiary/aromatic N) is 8. The Bertz CT molecular complexity index is 1830. The summed E-state index contributed by atoms with van der Waals surface area (Å²) in [6, 6.07) is 20.1. The van der Waals surface area contributed by atoms with Crippen molar-refractivity contribution in [2.24, 2.45) is 0 Å². The van der Waals surface area contributed by atoms with Gasteiger partial charge >= 0.3 is 45.4 Å². The summed E-state index contributed by atoms with van der Waals surface area (Å²) in [5.74, 6) is 0.216. The molecule has 6 aromatic rings. The van der Waals surface area contributed by atoms with Crippen LogP contribution in [0.2, 0.25) is 0 Å². The van der Waals surface area contributed by atoms with E-state index in [-0.39, 0.29) is 44.4 Å². The van der Waals surface area contributed by atoms with Crippen LogP contribution >= 0.6 is 0 Å². The van der Waals surface area contributed by atoms with Gasteiger partial charge in [0.25, 0.3) is 0 Å². The number of aromatic nitrogens is 8. The first-order valence-electron chi connectivity index (χ1n) is 15.3. The van der Waals surface area contributed by atoms with Crippen LogP contribution < -0.4 is 10.2 Å². The molecule has 0 amide bonds. The van der Waals surface area contributed by atoms with Gasteiger partial charge in [0.2, 0.25) is 0 Å². The molecule has 4 aromatic heterocycles. The first-order chi connectivity index (χ1) is 24.6. The molecule has 6 rings (SSSR count). The summed E-state index contributed by atoms with van der Waals surface area (Å²) in [7, 11) is 0. The summed E-state index contributed by atoms with van der Waals surface area (Å²) in [6.45, 7) is 7.31. The zero-order valence-electron chi connectivity index (χ0n) is 28.4. The number of carbonyl (C=O) groups is 2. The Hall–Kier alpha value is -5.51. The Morgan fingerprint density at radius 3 is 1.23 bits per heavy atom. The summed E-state index contributed by atoms with van der Waals surface area (Å²) >= 11 is 0. The van der Waals surface area contributed by atoms with E-state index in [1.165, 1.54) is 26.2 Å². The van der Waals surface area contributed by atoms with E-state index in [4.69, 9.17) is 0 Å². The number of hydrogen-bond donors (Lipinski definition) is 0. The maximum absolute atomic E-state index is 12.5. The number of halogens is 6. The Labute approximate surface area is 313 Å². The van der Waals surface area contributed by atoms with Gasteiger partial charge in [-0.25, -0.2) is 9.97 Å². The van der Waals surface area contributed by atoms with Crippen molar-refractivity contribution in [3.05, 3.63) is 109 Å². The van der Waals surface area contributed by atoms with E-state index in [9.17, 15) is 35.9 Å². The number of alkyl halides is 6. The molecule has 0 aliphatic carbocycles. The van der Waals surface area contributed by atoms with Crippen LogP contribution in [0.1, 0.15) is 39.1 Å². The van der Waals surface area contributed by atoms with Crippen LogP contribution in [0.15, 0.2) is 97.6 Å². The number of ether oxygens (including phenoxy) is 2. The van der Waals surface area contributed by atoms with Gasteiger partial charge in [0, 0.05) is 50.0 Å². The molecule has 0 aliphatic rings. The molecule has 0 saturated carbocycles. The molecule has 53 heavy (non-hydrogen) atoms. The smallest absolute Gasteiger partial charge is 0.571 e. The predicted octanol–water partition coefficient (Wildman–Crippen LogP) is 6.96. The molecular formula is C34H32F6N8O4Pt. The molecule has 0 bridgehead atoms. The summed E-state index contributed by atoms with van der Waals surface area (Å²) in [4.78, 5) is 27.7. The summed E-state index contributed by atoms with van der Waals surface area (Å²) < 4.78 is 87.3. The third-order valence-corrected chi connectivity index (χ3v) is 6.16. The third-order valence-electron chi connectivity index (χ3n) is 6.16. The van der Waals surface area contributed by atoms with Gasteiger partial charge in [0.05, 0.1) is 24.6 Å². The van der Waals surface area contributed by atoms with E-state index in [1.54, 1.807) is 35.4 Å². The van der Waals surface area contributed by atoms with Crippen LogP contribution in [-0.4, -0.2) is 54.5 Å².